The van der Waals surface area contributed by atoms with Gasteiger partial charge >= 0.3 is 0 Å². The summed E-state index contributed by atoms with van der Waals surface area (Å²) in [4.78, 5) is 12.1. The van der Waals surface area contributed by atoms with Crippen LogP contribution in [0.25, 0.3) is 33.1 Å². The third-order valence-corrected chi connectivity index (χ3v) is 4.03. The van der Waals surface area contributed by atoms with Crippen LogP contribution in [-0.4, -0.2) is 10.9 Å². The van der Waals surface area contributed by atoms with Gasteiger partial charge in [-0.05, 0) is 42.0 Å². The largest absolute Gasteiger partial charge is 0.508 e. The molecule has 1 N–H and O–H groups in total. The fraction of sp³-hybridized carbons (Fsp3) is 0.0500. The Hall–Kier alpha value is -3.07. The molecule has 4 rings (SSSR count). The molecule has 0 fully saturated rings. The van der Waals surface area contributed by atoms with E-state index in [9.17, 15) is 9.90 Å². The standard InChI is InChI=1S/C20H14O3/c1-12(21)19-17-4-2-3-5-18(17)23-20(19)15-7-6-14-11-16(22)9-8-13(14)10-15/h2-11,22H,1H3. The Morgan fingerprint density at radius 3 is 2.52 bits per heavy atom. The van der Waals surface area contributed by atoms with Gasteiger partial charge in [0.2, 0.25) is 0 Å². The molecular formula is C20H14O3. The summed E-state index contributed by atoms with van der Waals surface area (Å²) in [6.45, 7) is 1.56. The first kappa shape index (κ1) is 13.6. The lowest BCUT2D eigenvalue weighted by atomic mass is 10.00. The van der Waals surface area contributed by atoms with Crippen molar-refractivity contribution >= 4 is 27.5 Å². The molecule has 0 aliphatic rings. The summed E-state index contributed by atoms with van der Waals surface area (Å²) in [5.74, 6) is 0.808. The lowest BCUT2D eigenvalue weighted by molar-refractivity contribution is 0.101. The Bertz CT molecular complexity index is 1060. The van der Waals surface area contributed by atoms with Crippen LogP contribution in [0.3, 0.4) is 0 Å². The highest BCUT2D eigenvalue weighted by Gasteiger charge is 2.19. The van der Waals surface area contributed by atoms with E-state index < -0.39 is 0 Å². The molecule has 0 atom stereocenters. The minimum atomic E-state index is -0.0178. The number of carbonyl (C=O) groups excluding carboxylic acids is 1. The zero-order valence-corrected chi connectivity index (χ0v) is 12.5. The topological polar surface area (TPSA) is 50.4 Å². The summed E-state index contributed by atoms with van der Waals surface area (Å²) in [7, 11) is 0. The van der Waals surface area contributed by atoms with Crippen LogP contribution >= 0.6 is 0 Å². The van der Waals surface area contributed by atoms with Gasteiger partial charge in [0.15, 0.2) is 5.78 Å². The molecule has 1 aromatic heterocycles. The molecule has 0 bridgehead atoms. The molecule has 4 aromatic rings. The number of Topliss-reactive ketones (excluding diaryl/α,β-unsaturated/α-hetero) is 1. The lowest BCUT2D eigenvalue weighted by Gasteiger charge is -2.04. The van der Waals surface area contributed by atoms with Gasteiger partial charge < -0.3 is 9.52 Å². The van der Waals surface area contributed by atoms with Crippen molar-refractivity contribution in [2.45, 2.75) is 6.92 Å². The first-order chi connectivity index (χ1) is 11.1. The first-order valence-corrected chi connectivity index (χ1v) is 7.39. The quantitative estimate of drug-likeness (QED) is 0.520. The number of rotatable bonds is 2. The van der Waals surface area contributed by atoms with Crippen molar-refractivity contribution in [2.75, 3.05) is 0 Å². The predicted octanol–water partition coefficient (Wildman–Crippen LogP) is 5.16. The van der Waals surface area contributed by atoms with Crippen molar-refractivity contribution in [1.82, 2.24) is 0 Å². The highest BCUT2D eigenvalue weighted by molar-refractivity contribution is 6.11. The van der Waals surface area contributed by atoms with E-state index in [4.69, 9.17) is 4.42 Å². The van der Waals surface area contributed by atoms with Crippen molar-refractivity contribution in [1.29, 1.82) is 0 Å². The monoisotopic (exact) mass is 302 g/mol. The Labute approximate surface area is 132 Å². The zero-order valence-electron chi connectivity index (χ0n) is 12.5. The number of hydrogen-bond acceptors (Lipinski definition) is 3. The van der Waals surface area contributed by atoms with E-state index in [1.54, 1.807) is 19.1 Å². The van der Waals surface area contributed by atoms with Gasteiger partial charge in [-0.3, -0.25) is 4.79 Å². The molecule has 0 aliphatic heterocycles. The van der Waals surface area contributed by atoms with Crippen LogP contribution < -0.4 is 0 Å². The Kier molecular flexibility index (Phi) is 2.95. The molecule has 23 heavy (non-hydrogen) atoms. The minimum absolute atomic E-state index is 0.0178. The average Bonchev–Trinajstić information content (AvgIpc) is 2.94. The highest BCUT2D eigenvalue weighted by Crippen LogP contribution is 2.35. The van der Waals surface area contributed by atoms with E-state index in [-0.39, 0.29) is 11.5 Å². The smallest absolute Gasteiger partial charge is 0.164 e. The lowest BCUT2D eigenvalue weighted by Crippen LogP contribution is -1.93. The number of ketones is 1. The van der Waals surface area contributed by atoms with Crippen molar-refractivity contribution in [3.63, 3.8) is 0 Å². The van der Waals surface area contributed by atoms with Crippen LogP contribution in [-0.2, 0) is 0 Å². The summed E-state index contributed by atoms with van der Waals surface area (Å²) in [6, 6.07) is 18.6. The second kappa shape index (κ2) is 4.99. The van der Waals surface area contributed by atoms with Gasteiger partial charge in [0.25, 0.3) is 0 Å². The maximum atomic E-state index is 12.1. The summed E-state index contributed by atoms with van der Waals surface area (Å²) in [5.41, 5.74) is 2.17. The number of aromatic hydroxyl groups is 1. The molecular weight excluding hydrogens is 288 g/mol. The fourth-order valence-corrected chi connectivity index (χ4v) is 2.97. The molecule has 0 unspecified atom stereocenters. The maximum Gasteiger partial charge on any atom is 0.164 e. The number of carbonyl (C=O) groups is 1. The highest BCUT2D eigenvalue weighted by atomic mass is 16.3. The van der Waals surface area contributed by atoms with Crippen LogP contribution in [0.2, 0.25) is 0 Å². The maximum absolute atomic E-state index is 12.1. The van der Waals surface area contributed by atoms with Crippen LogP contribution in [0, 0.1) is 0 Å². The number of phenolic OH excluding ortho intramolecular Hbond substituents is 1. The summed E-state index contributed by atoms with van der Waals surface area (Å²) < 4.78 is 5.95. The number of hydrogen-bond donors (Lipinski definition) is 1. The zero-order chi connectivity index (χ0) is 16.0. The molecule has 0 saturated heterocycles. The molecule has 112 valence electrons. The molecule has 0 aliphatic carbocycles. The van der Waals surface area contributed by atoms with Crippen molar-refractivity contribution in [3.05, 3.63) is 66.2 Å². The van der Waals surface area contributed by atoms with Gasteiger partial charge in [-0.1, -0.05) is 36.4 Å². The second-order valence-corrected chi connectivity index (χ2v) is 5.60. The number of fused-ring (bicyclic) bond motifs is 2. The van der Waals surface area contributed by atoms with Crippen LogP contribution in [0.1, 0.15) is 17.3 Å². The van der Waals surface area contributed by atoms with Gasteiger partial charge in [-0.15, -0.1) is 0 Å². The summed E-state index contributed by atoms with van der Waals surface area (Å²) in [5, 5.41) is 12.3. The summed E-state index contributed by atoms with van der Waals surface area (Å²) in [6.07, 6.45) is 0. The van der Waals surface area contributed by atoms with Crippen molar-refractivity contribution < 1.29 is 14.3 Å². The molecule has 0 saturated carbocycles. The van der Waals surface area contributed by atoms with E-state index in [0.717, 1.165) is 21.7 Å². The molecule has 3 nitrogen and oxygen atoms in total. The third kappa shape index (κ3) is 2.18. The summed E-state index contributed by atoms with van der Waals surface area (Å²) >= 11 is 0. The van der Waals surface area contributed by atoms with Crippen LogP contribution in [0.4, 0.5) is 0 Å². The Morgan fingerprint density at radius 1 is 0.957 bits per heavy atom. The van der Waals surface area contributed by atoms with Gasteiger partial charge in [0.05, 0.1) is 5.56 Å². The SMILES string of the molecule is CC(=O)c1c(-c2ccc3cc(O)ccc3c2)oc2ccccc12. The van der Waals surface area contributed by atoms with Gasteiger partial charge in [-0.2, -0.15) is 0 Å². The Balaban J connectivity index is 2.00. The molecule has 0 spiro atoms. The first-order valence-electron chi connectivity index (χ1n) is 7.39. The molecule has 3 aromatic carbocycles. The number of furan rings is 1. The van der Waals surface area contributed by atoms with E-state index in [1.807, 2.05) is 48.5 Å². The molecule has 3 heteroatoms. The Morgan fingerprint density at radius 2 is 1.70 bits per heavy atom. The van der Waals surface area contributed by atoms with E-state index >= 15 is 0 Å². The van der Waals surface area contributed by atoms with E-state index in [1.165, 1.54) is 0 Å². The fourth-order valence-electron chi connectivity index (χ4n) is 2.97. The third-order valence-electron chi connectivity index (χ3n) is 4.03. The average molecular weight is 302 g/mol. The molecule has 0 radical (unpaired) electrons. The van der Waals surface area contributed by atoms with Crippen molar-refractivity contribution in [3.8, 4) is 17.1 Å². The number of phenols is 1. The van der Waals surface area contributed by atoms with E-state index in [2.05, 4.69) is 0 Å². The predicted molar refractivity (Wildman–Crippen MR) is 90.8 cm³/mol. The minimum Gasteiger partial charge on any atom is -0.508 e. The van der Waals surface area contributed by atoms with Crippen LogP contribution in [0.15, 0.2) is 65.1 Å². The van der Waals surface area contributed by atoms with Gasteiger partial charge in [0, 0.05) is 10.9 Å². The van der Waals surface area contributed by atoms with Gasteiger partial charge in [-0.25, -0.2) is 0 Å². The second-order valence-electron chi connectivity index (χ2n) is 5.60. The molecule has 1 heterocycles. The normalized spacial score (nSPS) is 11.2. The number of benzene rings is 3. The van der Waals surface area contributed by atoms with Crippen LogP contribution in [0.5, 0.6) is 5.75 Å². The van der Waals surface area contributed by atoms with Gasteiger partial charge in [0.1, 0.15) is 17.1 Å². The molecule has 0 amide bonds. The van der Waals surface area contributed by atoms with Crippen molar-refractivity contribution in [2.24, 2.45) is 0 Å². The van der Waals surface area contributed by atoms with E-state index in [0.29, 0.717) is 16.9 Å². The number of para-hydroxylation sites is 1.